The van der Waals surface area contributed by atoms with Crippen molar-refractivity contribution >= 4 is 11.6 Å². The molecular weight excluding hydrogens is 287 g/mol. The lowest BCUT2D eigenvalue weighted by molar-refractivity contribution is 0.533. The van der Waals surface area contributed by atoms with Crippen LogP contribution in [0, 0.1) is 19.7 Å². The van der Waals surface area contributed by atoms with Crippen LogP contribution in [-0.2, 0) is 6.42 Å². The molecule has 0 amide bonds. The van der Waals surface area contributed by atoms with Gasteiger partial charge in [-0.2, -0.15) is 0 Å². The second-order valence-corrected chi connectivity index (χ2v) is 5.67. The van der Waals surface area contributed by atoms with Gasteiger partial charge in [0.25, 0.3) is 0 Å². The molecule has 0 aliphatic heterocycles. The van der Waals surface area contributed by atoms with Gasteiger partial charge in [0.15, 0.2) is 0 Å². The van der Waals surface area contributed by atoms with E-state index in [-0.39, 0.29) is 11.9 Å². The first-order valence-corrected chi connectivity index (χ1v) is 7.49. The minimum Gasteiger partial charge on any atom is -0.309 e. The number of pyridine rings is 1. The fraction of sp³-hybridized carbons (Fsp3) is 0.353. The molecule has 1 aromatic carbocycles. The fourth-order valence-corrected chi connectivity index (χ4v) is 2.75. The lowest BCUT2D eigenvalue weighted by Gasteiger charge is -2.20. The molecule has 1 unspecified atom stereocenters. The number of benzene rings is 1. The van der Waals surface area contributed by atoms with E-state index in [2.05, 4.69) is 30.2 Å². The van der Waals surface area contributed by atoms with Crippen molar-refractivity contribution in [2.45, 2.75) is 33.2 Å². The number of aromatic nitrogens is 1. The summed E-state index contributed by atoms with van der Waals surface area (Å²) in [6.45, 7) is 6.98. The predicted molar refractivity (Wildman–Crippen MR) is 85.2 cm³/mol. The van der Waals surface area contributed by atoms with Crippen molar-refractivity contribution in [2.24, 2.45) is 0 Å². The molecule has 0 saturated carbocycles. The van der Waals surface area contributed by atoms with Crippen molar-refractivity contribution in [2.75, 3.05) is 6.54 Å². The van der Waals surface area contributed by atoms with E-state index >= 15 is 0 Å². The fourth-order valence-electron chi connectivity index (χ4n) is 2.51. The molecule has 0 bridgehead atoms. The summed E-state index contributed by atoms with van der Waals surface area (Å²) in [4.78, 5) is 4.56. The number of hydrogen-bond acceptors (Lipinski definition) is 2. The third-order valence-electron chi connectivity index (χ3n) is 3.48. The molecule has 1 N–H and O–H groups in total. The van der Waals surface area contributed by atoms with Crippen LogP contribution in [0.2, 0.25) is 5.02 Å². The summed E-state index contributed by atoms with van der Waals surface area (Å²) in [6.07, 6.45) is 2.56. The Morgan fingerprint density at radius 3 is 2.67 bits per heavy atom. The molecule has 2 aromatic rings. The van der Waals surface area contributed by atoms with Crippen LogP contribution in [-0.4, -0.2) is 11.5 Å². The quantitative estimate of drug-likeness (QED) is 0.886. The Bertz CT molecular complexity index is 628. The zero-order valence-electron chi connectivity index (χ0n) is 12.6. The van der Waals surface area contributed by atoms with E-state index in [9.17, 15) is 4.39 Å². The largest absolute Gasteiger partial charge is 0.309 e. The summed E-state index contributed by atoms with van der Waals surface area (Å²) in [5, 5.41) is 3.90. The van der Waals surface area contributed by atoms with Crippen LogP contribution in [0.3, 0.4) is 0 Å². The van der Waals surface area contributed by atoms with E-state index in [1.165, 1.54) is 12.1 Å². The van der Waals surface area contributed by atoms with Gasteiger partial charge in [0, 0.05) is 11.2 Å². The van der Waals surface area contributed by atoms with E-state index in [1.807, 2.05) is 13.1 Å². The average Bonchev–Trinajstić information content (AvgIpc) is 2.41. The maximum absolute atomic E-state index is 13.2. The third-order valence-corrected chi connectivity index (χ3v) is 3.83. The summed E-state index contributed by atoms with van der Waals surface area (Å²) < 4.78 is 13.2. The molecule has 2 nitrogen and oxygen atoms in total. The zero-order valence-corrected chi connectivity index (χ0v) is 13.3. The minimum atomic E-state index is -0.312. The number of hydrogen-bond donors (Lipinski definition) is 1. The van der Waals surface area contributed by atoms with Gasteiger partial charge in [0.05, 0.1) is 11.7 Å². The number of nitrogens with zero attached hydrogens (tertiary/aromatic N) is 1. The highest BCUT2D eigenvalue weighted by Gasteiger charge is 2.17. The molecule has 0 radical (unpaired) electrons. The predicted octanol–water partition coefficient (Wildman–Crippen LogP) is 4.38. The van der Waals surface area contributed by atoms with Gasteiger partial charge in [-0.3, -0.25) is 4.98 Å². The lowest BCUT2D eigenvalue weighted by atomic mass is 9.99. The van der Waals surface area contributed by atoms with E-state index < -0.39 is 0 Å². The SMILES string of the molecule is CCNC(Cc1ccc(F)cc1Cl)c1ncc(C)cc1C. The van der Waals surface area contributed by atoms with Gasteiger partial charge in [-0.05, 0) is 55.6 Å². The first-order valence-electron chi connectivity index (χ1n) is 7.11. The van der Waals surface area contributed by atoms with Gasteiger partial charge in [0.1, 0.15) is 5.82 Å². The molecule has 0 aliphatic carbocycles. The molecule has 112 valence electrons. The van der Waals surface area contributed by atoms with Crippen LogP contribution in [0.15, 0.2) is 30.5 Å². The Morgan fingerprint density at radius 1 is 1.29 bits per heavy atom. The Balaban J connectivity index is 2.30. The Hall–Kier alpha value is -1.45. The van der Waals surface area contributed by atoms with E-state index in [0.717, 1.165) is 28.9 Å². The van der Waals surface area contributed by atoms with Gasteiger partial charge in [-0.25, -0.2) is 4.39 Å². The molecule has 1 atom stereocenters. The lowest BCUT2D eigenvalue weighted by Crippen LogP contribution is -2.25. The Morgan fingerprint density at radius 2 is 2.05 bits per heavy atom. The van der Waals surface area contributed by atoms with E-state index in [4.69, 9.17) is 11.6 Å². The van der Waals surface area contributed by atoms with Crippen LogP contribution < -0.4 is 5.32 Å². The first kappa shape index (κ1) is 15.9. The molecule has 0 aliphatic rings. The van der Waals surface area contributed by atoms with Crippen LogP contribution in [0.25, 0.3) is 0 Å². The smallest absolute Gasteiger partial charge is 0.124 e. The monoisotopic (exact) mass is 306 g/mol. The van der Waals surface area contributed by atoms with Gasteiger partial charge < -0.3 is 5.32 Å². The summed E-state index contributed by atoms with van der Waals surface area (Å²) in [7, 11) is 0. The van der Waals surface area contributed by atoms with Crippen LogP contribution >= 0.6 is 11.6 Å². The van der Waals surface area contributed by atoms with Crippen molar-refractivity contribution < 1.29 is 4.39 Å². The van der Waals surface area contributed by atoms with Gasteiger partial charge in [0.2, 0.25) is 0 Å². The normalized spacial score (nSPS) is 12.4. The standard InChI is InChI=1S/C17H20ClFN2/c1-4-20-16(17-12(3)7-11(2)10-21-17)8-13-5-6-14(19)9-15(13)18/h5-7,9-10,16,20H,4,8H2,1-3H3. The number of nitrogens with one attached hydrogen (secondary N) is 1. The molecule has 21 heavy (non-hydrogen) atoms. The molecule has 0 saturated heterocycles. The molecule has 0 fully saturated rings. The summed E-state index contributed by atoms with van der Waals surface area (Å²) in [6, 6.07) is 6.73. The van der Waals surface area contributed by atoms with Gasteiger partial charge in [-0.1, -0.05) is 30.7 Å². The Labute approximate surface area is 130 Å². The molecule has 0 spiro atoms. The molecule has 4 heteroatoms. The van der Waals surface area contributed by atoms with Crippen molar-refractivity contribution in [3.05, 3.63) is 63.7 Å². The van der Waals surface area contributed by atoms with Crippen molar-refractivity contribution in [3.63, 3.8) is 0 Å². The second kappa shape index (κ2) is 7.01. The molecule has 2 rings (SSSR count). The third kappa shape index (κ3) is 4.02. The van der Waals surface area contributed by atoms with Gasteiger partial charge in [-0.15, -0.1) is 0 Å². The zero-order chi connectivity index (χ0) is 15.4. The number of rotatable bonds is 5. The molecule has 1 heterocycles. The number of halogens is 2. The summed E-state index contributed by atoms with van der Waals surface area (Å²) in [5.74, 6) is -0.312. The van der Waals surface area contributed by atoms with Crippen molar-refractivity contribution in [1.29, 1.82) is 0 Å². The topological polar surface area (TPSA) is 24.9 Å². The second-order valence-electron chi connectivity index (χ2n) is 5.26. The highest BCUT2D eigenvalue weighted by atomic mass is 35.5. The number of aryl methyl sites for hydroxylation is 2. The van der Waals surface area contributed by atoms with Crippen LogP contribution in [0.1, 0.15) is 35.3 Å². The maximum atomic E-state index is 13.2. The summed E-state index contributed by atoms with van der Waals surface area (Å²) in [5.41, 5.74) is 4.24. The van der Waals surface area contributed by atoms with E-state index in [1.54, 1.807) is 6.07 Å². The minimum absolute atomic E-state index is 0.0681. The molecular formula is C17H20ClFN2. The van der Waals surface area contributed by atoms with Crippen LogP contribution in [0.4, 0.5) is 4.39 Å². The molecule has 1 aromatic heterocycles. The van der Waals surface area contributed by atoms with Crippen molar-refractivity contribution in [1.82, 2.24) is 10.3 Å². The summed E-state index contributed by atoms with van der Waals surface area (Å²) >= 11 is 6.14. The maximum Gasteiger partial charge on any atom is 0.124 e. The Kier molecular flexibility index (Phi) is 5.32. The van der Waals surface area contributed by atoms with Crippen molar-refractivity contribution in [3.8, 4) is 0 Å². The first-order chi connectivity index (χ1) is 10.0. The average molecular weight is 307 g/mol. The number of likely N-dealkylation sites (N-methyl/N-ethyl adjacent to an activating group) is 1. The van der Waals surface area contributed by atoms with Gasteiger partial charge >= 0.3 is 0 Å². The van der Waals surface area contributed by atoms with Crippen LogP contribution in [0.5, 0.6) is 0 Å². The van der Waals surface area contributed by atoms with E-state index in [0.29, 0.717) is 11.4 Å². The highest BCUT2D eigenvalue weighted by Crippen LogP contribution is 2.25. The highest BCUT2D eigenvalue weighted by molar-refractivity contribution is 6.31.